The topological polar surface area (TPSA) is 80.3 Å². The zero-order valence-electron chi connectivity index (χ0n) is 10.1. The average Bonchev–Trinajstić information content (AvgIpc) is 2.41. The summed E-state index contributed by atoms with van der Waals surface area (Å²) in [5.74, 6) is -0.431. The van der Waals surface area contributed by atoms with Gasteiger partial charge in [-0.2, -0.15) is 0 Å². The maximum atomic E-state index is 10.6. The number of para-hydroxylation sites is 2. The van der Waals surface area contributed by atoms with E-state index in [4.69, 9.17) is 0 Å². The summed E-state index contributed by atoms with van der Waals surface area (Å²) in [4.78, 5) is 20.1. The fourth-order valence-electron chi connectivity index (χ4n) is 1.16. The molecule has 0 aliphatic heterocycles. The van der Waals surface area contributed by atoms with Crippen molar-refractivity contribution in [1.29, 1.82) is 0 Å². The molecule has 0 aromatic heterocycles. The summed E-state index contributed by atoms with van der Waals surface area (Å²) in [5.41, 5.74) is 0.440. The van der Waals surface area contributed by atoms with Crippen LogP contribution in [0.25, 0.3) is 0 Å². The van der Waals surface area contributed by atoms with Gasteiger partial charge in [-0.1, -0.05) is 60.0 Å². The first-order valence-electron chi connectivity index (χ1n) is 5.11. The van der Waals surface area contributed by atoms with Crippen LogP contribution in [0.5, 0.6) is 11.5 Å². The number of benzene rings is 2. The quantitative estimate of drug-likeness (QED) is 0.594. The Morgan fingerprint density at radius 2 is 1.00 bits per heavy atom. The van der Waals surface area contributed by atoms with Gasteiger partial charge in [0.2, 0.25) is 0 Å². The SMILES string of the molecule is O=Cc1ccccc1[O-].O=Cc1ccccc1[O-].[Mg+2]. The van der Waals surface area contributed by atoms with Crippen molar-refractivity contribution < 1.29 is 19.8 Å². The van der Waals surface area contributed by atoms with Gasteiger partial charge in [0.15, 0.2) is 0 Å². The molecule has 0 spiro atoms. The van der Waals surface area contributed by atoms with E-state index < -0.39 is 0 Å². The van der Waals surface area contributed by atoms with E-state index in [2.05, 4.69) is 0 Å². The third kappa shape index (κ3) is 5.54. The van der Waals surface area contributed by atoms with Crippen molar-refractivity contribution in [2.75, 3.05) is 0 Å². The molecule has 0 aliphatic carbocycles. The summed E-state index contributed by atoms with van der Waals surface area (Å²) in [7, 11) is 0. The van der Waals surface area contributed by atoms with E-state index in [1.165, 1.54) is 24.3 Å². The van der Waals surface area contributed by atoms with Crippen LogP contribution in [0.15, 0.2) is 48.5 Å². The van der Waals surface area contributed by atoms with Crippen molar-refractivity contribution >= 4 is 35.6 Å². The van der Waals surface area contributed by atoms with Gasteiger partial charge in [-0.05, 0) is 0 Å². The molecule has 0 unspecified atom stereocenters. The van der Waals surface area contributed by atoms with E-state index in [-0.39, 0.29) is 45.7 Å². The summed E-state index contributed by atoms with van der Waals surface area (Å²) in [6.45, 7) is 0. The van der Waals surface area contributed by atoms with Gasteiger partial charge in [-0.25, -0.2) is 0 Å². The Bertz CT molecular complexity index is 491. The van der Waals surface area contributed by atoms with Crippen LogP contribution in [0.3, 0.4) is 0 Å². The fraction of sp³-hybridized carbons (Fsp3) is 0. The summed E-state index contributed by atoms with van der Waals surface area (Å²) in [5, 5.41) is 21.2. The first kappa shape index (κ1) is 17.1. The van der Waals surface area contributed by atoms with Crippen LogP contribution in [-0.2, 0) is 0 Å². The van der Waals surface area contributed by atoms with Crippen LogP contribution in [0, 0.1) is 0 Å². The van der Waals surface area contributed by atoms with Crippen molar-refractivity contribution in [3.63, 3.8) is 0 Å². The Hall–Kier alpha value is -1.85. The van der Waals surface area contributed by atoms with Crippen LogP contribution in [0.1, 0.15) is 20.7 Å². The number of rotatable bonds is 2. The normalized spacial score (nSPS) is 8.42. The zero-order valence-corrected chi connectivity index (χ0v) is 11.5. The fourth-order valence-corrected chi connectivity index (χ4v) is 1.16. The molecule has 2 aromatic rings. The number of hydrogen-bond donors (Lipinski definition) is 0. The van der Waals surface area contributed by atoms with Gasteiger partial charge in [0.1, 0.15) is 12.6 Å². The monoisotopic (exact) mass is 266 g/mol. The van der Waals surface area contributed by atoms with Gasteiger partial charge in [0.25, 0.3) is 0 Å². The second-order valence-corrected chi connectivity index (χ2v) is 3.31. The molecular weight excluding hydrogens is 256 g/mol. The van der Waals surface area contributed by atoms with Gasteiger partial charge < -0.3 is 10.2 Å². The molecule has 5 heteroatoms. The molecule has 0 atom stereocenters. The largest absolute Gasteiger partial charge is 2.00 e. The molecule has 92 valence electrons. The van der Waals surface area contributed by atoms with Gasteiger partial charge >= 0.3 is 23.1 Å². The van der Waals surface area contributed by atoms with Crippen molar-refractivity contribution in [3.8, 4) is 11.5 Å². The molecule has 0 bridgehead atoms. The van der Waals surface area contributed by atoms with Crippen molar-refractivity contribution in [1.82, 2.24) is 0 Å². The van der Waals surface area contributed by atoms with Crippen LogP contribution in [0.2, 0.25) is 0 Å². The molecule has 4 nitrogen and oxygen atoms in total. The second kappa shape index (κ2) is 9.13. The van der Waals surface area contributed by atoms with Crippen LogP contribution in [-0.4, -0.2) is 35.6 Å². The van der Waals surface area contributed by atoms with Crippen molar-refractivity contribution in [2.45, 2.75) is 0 Å². The predicted molar refractivity (Wildman–Crippen MR) is 68.3 cm³/mol. The summed E-state index contributed by atoms with van der Waals surface area (Å²) >= 11 is 0. The van der Waals surface area contributed by atoms with Gasteiger partial charge in [-0.3, -0.25) is 9.59 Å². The molecular formula is C14H10MgO4. The maximum Gasteiger partial charge on any atom is 2.00 e. The van der Waals surface area contributed by atoms with E-state index in [1.807, 2.05) is 0 Å². The molecule has 2 rings (SSSR count). The van der Waals surface area contributed by atoms with Crippen LogP contribution >= 0.6 is 0 Å². The van der Waals surface area contributed by atoms with Gasteiger partial charge in [0.05, 0.1) is 0 Å². The van der Waals surface area contributed by atoms with Gasteiger partial charge in [-0.15, -0.1) is 0 Å². The third-order valence-electron chi connectivity index (χ3n) is 2.09. The molecule has 2 aromatic carbocycles. The van der Waals surface area contributed by atoms with E-state index in [0.29, 0.717) is 12.6 Å². The minimum atomic E-state index is -0.215. The Labute approximate surface area is 126 Å². The Kier molecular flexibility index (Phi) is 8.24. The summed E-state index contributed by atoms with van der Waals surface area (Å²) in [6.07, 6.45) is 1.12. The Morgan fingerprint density at radius 1 is 0.684 bits per heavy atom. The number of carbonyl (C=O) groups is 2. The van der Waals surface area contributed by atoms with Crippen molar-refractivity contribution in [3.05, 3.63) is 59.7 Å². The maximum absolute atomic E-state index is 10.6. The third-order valence-corrected chi connectivity index (χ3v) is 2.09. The molecule has 0 amide bonds. The van der Waals surface area contributed by atoms with E-state index in [9.17, 15) is 19.8 Å². The second-order valence-electron chi connectivity index (χ2n) is 3.31. The van der Waals surface area contributed by atoms with E-state index in [0.717, 1.165) is 0 Å². The van der Waals surface area contributed by atoms with Gasteiger partial charge in [0, 0.05) is 11.1 Å². The molecule has 0 heterocycles. The van der Waals surface area contributed by atoms with Crippen molar-refractivity contribution in [2.24, 2.45) is 0 Å². The molecule has 0 aliphatic rings. The Balaban J connectivity index is 0.000000324. The van der Waals surface area contributed by atoms with Crippen LogP contribution < -0.4 is 10.2 Å². The summed E-state index contributed by atoms with van der Waals surface area (Å²) < 4.78 is 0. The number of carbonyl (C=O) groups excluding carboxylic acids is 2. The van der Waals surface area contributed by atoms with Crippen LogP contribution in [0.4, 0.5) is 0 Å². The average molecular weight is 267 g/mol. The molecule has 0 N–H and O–H groups in total. The zero-order chi connectivity index (χ0) is 13.4. The first-order chi connectivity index (χ1) is 8.69. The predicted octanol–water partition coefficient (Wildman–Crippen LogP) is 0.765. The number of hydrogen-bond acceptors (Lipinski definition) is 4. The number of aldehydes is 2. The summed E-state index contributed by atoms with van der Waals surface area (Å²) in [6, 6.07) is 12.2. The Morgan fingerprint density at radius 3 is 1.21 bits per heavy atom. The first-order valence-corrected chi connectivity index (χ1v) is 5.11. The smallest absolute Gasteiger partial charge is 0.872 e. The van der Waals surface area contributed by atoms with E-state index >= 15 is 0 Å². The van der Waals surface area contributed by atoms with E-state index in [1.54, 1.807) is 24.3 Å². The molecule has 0 saturated carbocycles. The standard InChI is InChI=1S/2C7H6O2.Mg/c2*8-5-6-3-1-2-4-7(6)9;/h2*1-5,9H;/q;;+2/p-2. The minimum absolute atomic E-state index is 0. The minimum Gasteiger partial charge on any atom is -0.872 e. The molecule has 0 radical (unpaired) electrons. The molecule has 19 heavy (non-hydrogen) atoms. The molecule has 0 fully saturated rings. The molecule has 0 saturated heterocycles.